The number of aromatic nitrogens is 5. The van der Waals surface area contributed by atoms with Gasteiger partial charge in [0.2, 0.25) is 5.82 Å². The highest BCUT2D eigenvalue weighted by Crippen LogP contribution is 2.31. The summed E-state index contributed by atoms with van der Waals surface area (Å²) in [5.74, 6) is 0.857. The summed E-state index contributed by atoms with van der Waals surface area (Å²) < 4.78 is 2.03. The Labute approximate surface area is 176 Å². The van der Waals surface area contributed by atoms with Crippen molar-refractivity contribution in [2.24, 2.45) is 0 Å². The molecule has 1 atom stereocenters. The number of hydrogen-bond donors (Lipinski definition) is 2. The predicted molar refractivity (Wildman–Crippen MR) is 116 cm³/mol. The number of pyridine rings is 1. The second-order valence-electron chi connectivity index (χ2n) is 8.90. The molecule has 5 rings (SSSR count). The molecule has 1 aromatic carbocycles. The average molecular weight is 408 g/mol. The van der Waals surface area contributed by atoms with Crippen LogP contribution in [0.15, 0.2) is 29.1 Å². The van der Waals surface area contributed by atoms with Crippen LogP contribution >= 0.6 is 0 Å². The summed E-state index contributed by atoms with van der Waals surface area (Å²) in [7, 11) is 0. The van der Waals surface area contributed by atoms with Crippen LogP contribution in [0.25, 0.3) is 10.9 Å². The maximum absolute atomic E-state index is 13.3. The highest BCUT2D eigenvalue weighted by Gasteiger charge is 2.36. The summed E-state index contributed by atoms with van der Waals surface area (Å²) in [6.07, 6.45) is 9.29. The molecule has 2 aliphatic rings. The zero-order valence-corrected chi connectivity index (χ0v) is 17.7. The van der Waals surface area contributed by atoms with Crippen molar-refractivity contribution in [1.29, 1.82) is 0 Å². The van der Waals surface area contributed by atoms with E-state index in [9.17, 15) is 4.79 Å². The molecule has 0 radical (unpaired) electrons. The molecular formula is C23H31N6O+. The Bertz CT molecular complexity index is 1070. The molecule has 0 amide bonds. The van der Waals surface area contributed by atoms with Crippen molar-refractivity contribution < 1.29 is 4.90 Å². The number of aryl methyl sites for hydroxylation is 1. The summed E-state index contributed by atoms with van der Waals surface area (Å²) in [5, 5.41) is 14.0. The first-order valence-electron chi connectivity index (χ1n) is 11.5. The van der Waals surface area contributed by atoms with Crippen molar-refractivity contribution >= 4 is 10.9 Å². The first-order valence-corrected chi connectivity index (χ1v) is 11.5. The van der Waals surface area contributed by atoms with Crippen molar-refractivity contribution in [3.8, 4) is 0 Å². The third kappa shape index (κ3) is 3.55. The number of hydrogen-bond acceptors (Lipinski definition) is 4. The van der Waals surface area contributed by atoms with Gasteiger partial charge in [0, 0.05) is 5.52 Å². The van der Waals surface area contributed by atoms with E-state index in [-0.39, 0.29) is 11.6 Å². The van der Waals surface area contributed by atoms with E-state index in [1.807, 2.05) is 10.7 Å². The molecule has 1 saturated heterocycles. The topological polar surface area (TPSA) is 80.9 Å². The molecule has 0 bridgehead atoms. The van der Waals surface area contributed by atoms with Gasteiger partial charge in [0.15, 0.2) is 6.04 Å². The third-order valence-electron chi connectivity index (χ3n) is 7.01. The first-order chi connectivity index (χ1) is 14.7. The Kier molecular flexibility index (Phi) is 5.37. The minimum Gasteiger partial charge on any atom is -0.322 e. The zero-order valence-electron chi connectivity index (χ0n) is 17.7. The fraction of sp³-hybridized carbons (Fsp3) is 0.565. The molecule has 2 N–H and O–H groups in total. The lowest BCUT2D eigenvalue weighted by atomic mass is 9.99. The van der Waals surface area contributed by atoms with Crippen LogP contribution in [0.5, 0.6) is 0 Å². The second kappa shape index (κ2) is 8.30. The SMILES string of the molecule is CCc1ccc2[nH]c(=O)c([C@@H](c3nnnn3C3CCCC3)[NH+]3CCCCC3)cc2c1. The van der Waals surface area contributed by atoms with E-state index in [4.69, 9.17) is 0 Å². The smallest absolute Gasteiger partial charge is 0.258 e. The van der Waals surface area contributed by atoms with Gasteiger partial charge in [0.1, 0.15) is 0 Å². The van der Waals surface area contributed by atoms with Gasteiger partial charge < -0.3 is 9.88 Å². The standard InChI is InChI=1S/C23H30N6O/c1-2-16-10-11-20-17(14-16)15-19(23(30)24-20)21(28-12-6-3-7-13-28)22-25-26-27-29(22)18-8-4-5-9-18/h10-11,14-15,18,21H,2-9,12-13H2,1H3,(H,24,30)/p+1/t21-/m0/s1. The van der Waals surface area contributed by atoms with Crippen LogP contribution in [0.2, 0.25) is 0 Å². The average Bonchev–Trinajstić information content (AvgIpc) is 3.47. The molecule has 30 heavy (non-hydrogen) atoms. The van der Waals surface area contributed by atoms with Gasteiger partial charge in [-0.05, 0) is 78.1 Å². The van der Waals surface area contributed by atoms with Gasteiger partial charge in [0.25, 0.3) is 5.56 Å². The van der Waals surface area contributed by atoms with Crippen LogP contribution in [-0.2, 0) is 6.42 Å². The molecule has 3 heterocycles. The van der Waals surface area contributed by atoms with E-state index in [0.29, 0.717) is 6.04 Å². The van der Waals surface area contributed by atoms with E-state index < -0.39 is 0 Å². The normalized spacial score (nSPS) is 19.5. The Hall–Kier alpha value is -2.54. The molecule has 0 spiro atoms. The highest BCUT2D eigenvalue weighted by molar-refractivity contribution is 5.79. The number of rotatable bonds is 5. The van der Waals surface area contributed by atoms with Crippen LogP contribution in [-0.4, -0.2) is 38.3 Å². The van der Waals surface area contributed by atoms with Crippen molar-refractivity contribution in [2.75, 3.05) is 13.1 Å². The Morgan fingerprint density at radius 3 is 2.70 bits per heavy atom. The van der Waals surface area contributed by atoms with E-state index in [0.717, 1.165) is 54.6 Å². The molecular weight excluding hydrogens is 376 g/mol. The second-order valence-corrected chi connectivity index (χ2v) is 8.90. The number of likely N-dealkylation sites (tertiary alicyclic amines) is 1. The van der Waals surface area contributed by atoms with Gasteiger partial charge in [-0.3, -0.25) is 4.79 Å². The van der Waals surface area contributed by atoms with Gasteiger partial charge >= 0.3 is 0 Å². The number of quaternary nitrogens is 1. The Balaban J connectivity index is 1.65. The summed E-state index contributed by atoms with van der Waals surface area (Å²) >= 11 is 0. The van der Waals surface area contributed by atoms with E-state index in [1.165, 1.54) is 42.6 Å². The lowest BCUT2D eigenvalue weighted by Gasteiger charge is -2.31. The quantitative estimate of drug-likeness (QED) is 0.680. The number of tetrazole rings is 1. The molecule has 158 valence electrons. The van der Waals surface area contributed by atoms with Crippen LogP contribution in [0.4, 0.5) is 0 Å². The van der Waals surface area contributed by atoms with Gasteiger partial charge in [-0.2, -0.15) is 0 Å². The van der Waals surface area contributed by atoms with Crippen molar-refractivity contribution in [1.82, 2.24) is 25.2 Å². The monoisotopic (exact) mass is 407 g/mol. The van der Waals surface area contributed by atoms with Crippen molar-refractivity contribution in [3.05, 3.63) is 51.6 Å². The van der Waals surface area contributed by atoms with Crippen molar-refractivity contribution in [3.63, 3.8) is 0 Å². The highest BCUT2D eigenvalue weighted by atomic mass is 16.1. The lowest BCUT2D eigenvalue weighted by Crippen LogP contribution is -3.13. The lowest BCUT2D eigenvalue weighted by molar-refractivity contribution is -0.931. The molecule has 2 aromatic heterocycles. The molecule has 7 nitrogen and oxygen atoms in total. The van der Waals surface area contributed by atoms with Crippen molar-refractivity contribution in [2.45, 2.75) is 70.4 Å². The number of fused-ring (bicyclic) bond motifs is 1. The largest absolute Gasteiger partial charge is 0.322 e. The molecule has 7 heteroatoms. The summed E-state index contributed by atoms with van der Waals surface area (Å²) in [6, 6.07) is 8.62. The predicted octanol–water partition coefficient (Wildman–Crippen LogP) is 2.35. The number of aromatic amines is 1. The zero-order chi connectivity index (χ0) is 20.5. The third-order valence-corrected chi connectivity index (χ3v) is 7.01. The fourth-order valence-corrected chi connectivity index (χ4v) is 5.34. The minimum absolute atomic E-state index is 0.0178. The van der Waals surface area contributed by atoms with Crippen LogP contribution in [0, 0.1) is 0 Å². The van der Waals surface area contributed by atoms with E-state index in [2.05, 4.69) is 45.6 Å². The first kappa shape index (κ1) is 19.4. The van der Waals surface area contributed by atoms with E-state index in [1.54, 1.807) is 0 Å². The van der Waals surface area contributed by atoms with Gasteiger partial charge in [-0.25, -0.2) is 4.68 Å². The number of benzene rings is 1. The molecule has 3 aromatic rings. The minimum atomic E-state index is -0.126. The van der Waals surface area contributed by atoms with Crippen LogP contribution in [0.3, 0.4) is 0 Å². The summed E-state index contributed by atoms with van der Waals surface area (Å²) in [4.78, 5) is 17.8. The van der Waals surface area contributed by atoms with Gasteiger partial charge in [-0.1, -0.05) is 25.8 Å². The molecule has 1 saturated carbocycles. The maximum Gasteiger partial charge on any atom is 0.258 e. The Morgan fingerprint density at radius 1 is 1.13 bits per heavy atom. The van der Waals surface area contributed by atoms with Gasteiger partial charge in [-0.15, -0.1) is 5.10 Å². The Morgan fingerprint density at radius 2 is 1.93 bits per heavy atom. The number of nitrogens with zero attached hydrogens (tertiary/aromatic N) is 4. The number of piperidine rings is 1. The number of H-pyrrole nitrogens is 1. The summed E-state index contributed by atoms with van der Waals surface area (Å²) in [6.45, 7) is 4.26. The number of nitrogens with one attached hydrogen (secondary N) is 2. The fourth-order valence-electron chi connectivity index (χ4n) is 5.34. The van der Waals surface area contributed by atoms with Crippen LogP contribution < -0.4 is 10.5 Å². The molecule has 0 unspecified atom stereocenters. The molecule has 1 aliphatic heterocycles. The maximum atomic E-state index is 13.3. The molecule has 1 aliphatic carbocycles. The molecule has 2 fully saturated rings. The summed E-state index contributed by atoms with van der Waals surface area (Å²) in [5.41, 5.74) is 2.94. The van der Waals surface area contributed by atoms with Crippen LogP contribution in [0.1, 0.15) is 80.9 Å². The van der Waals surface area contributed by atoms with Gasteiger partial charge in [0.05, 0.1) is 24.7 Å². The van der Waals surface area contributed by atoms with E-state index >= 15 is 0 Å².